The minimum Gasteiger partial charge on any atom is -0.500 e. The number of hydrogen-bond donors (Lipinski definition) is 1. The summed E-state index contributed by atoms with van der Waals surface area (Å²) >= 11 is 3.20. The molecule has 1 heterocycles. The molecular weight excluding hydrogens is 266 g/mol. The quantitative estimate of drug-likeness (QED) is 0.632. The molecule has 0 aliphatic heterocycles. The first-order valence-corrected chi connectivity index (χ1v) is 4.68. The lowest BCUT2D eigenvalue weighted by atomic mass is 10.2. The van der Waals surface area contributed by atoms with E-state index in [1.165, 1.54) is 0 Å². The van der Waals surface area contributed by atoms with Crippen molar-refractivity contribution in [1.29, 1.82) is 0 Å². The Labute approximate surface area is 91.8 Å². The van der Waals surface area contributed by atoms with Gasteiger partial charge in [-0.15, -0.1) is 0 Å². The van der Waals surface area contributed by atoms with Crippen LogP contribution < -0.4 is 0 Å². The van der Waals surface area contributed by atoms with Crippen molar-refractivity contribution in [3.05, 3.63) is 32.8 Å². The fourth-order valence-electron chi connectivity index (χ4n) is 1.18. The smallest absolute Gasteiger partial charge is 0.433 e. The van der Waals surface area contributed by atoms with Gasteiger partial charge in [0.15, 0.2) is 0 Å². The van der Waals surface area contributed by atoms with Gasteiger partial charge in [0.25, 0.3) is 0 Å². The van der Waals surface area contributed by atoms with Crippen molar-refractivity contribution in [2.45, 2.75) is 0 Å². The van der Waals surface area contributed by atoms with Crippen LogP contribution in [-0.2, 0) is 0 Å². The Hall–Kier alpha value is -1.76. The van der Waals surface area contributed by atoms with E-state index in [1.807, 2.05) is 0 Å². The van der Waals surface area contributed by atoms with Crippen LogP contribution in [0, 0.1) is 10.1 Å². The van der Waals surface area contributed by atoms with E-state index in [-0.39, 0.29) is 0 Å². The third-order valence-electron chi connectivity index (χ3n) is 1.85. The lowest BCUT2D eigenvalue weighted by Crippen LogP contribution is -1.95. The molecular formula is C8H4BrN3O3. The second kappa shape index (κ2) is 3.43. The molecule has 2 aromatic rings. The van der Waals surface area contributed by atoms with Crippen LogP contribution in [0.5, 0.6) is 5.75 Å². The molecule has 0 radical (unpaired) electrons. The van der Waals surface area contributed by atoms with Gasteiger partial charge in [0.1, 0.15) is 5.52 Å². The van der Waals surface area contributed by atoms with Gasteiger partial charge in [-0.05, 0) is 28.2 Å². The molecule has 0 bridgehead atoms. The highest BCUT2D eigenvalue weighted by Gasteiger charge is 2.19. The summed E-state index contributed by atoms with van der Waals surface area (Å²) in [4.78, 5) is 9.71. The number of fused-ring (bicyclic) bond motifs is 1. The average molecular weight is 270 g/mol. The maximum Gasteiger partial charge on any atom is 0.433 e. The maximum atomic E-state index is 10.5. The van der Waals surface area contributed by atoms with Gasteiger partial charge in [0.05, 0.1) is 10.5 Å². The van der Waals surface area contributed by atoms with Crippen LogP contribution in [-0.4, -0.2) is 20.2 Å². The van der Waals surface area contributed by atoms with Gasteiger partial charge < -0.3 is 15.2 Å². The predicted octanol–water partition coefficient (Wildman–Crippen LogP) is 2.01. The van der Waals surface area contributed by atoms with E-state index >= 15 is 0 Å². The summed E-state index contributed by atoms with van der Waals surface area (Å²) in [5, 5.41) is 27.3. The second-order valence-corrected chi connectivity index (χ2v) is 3.71. The summed E-state index contributed by atoms with van der Waals surface area (Å²) in [5.41, 5.74) is 0.404. The number of aromatic hydroxyl groups is 1. The lowest BCUT2D eigenvalue weighted by Gasteiger charge is -1.99. The van der Waals surface area contributed by atoms with Crippen LogP contribution in [0.2, 0.25) is 0 Å². The lowest BCUT2D eigenvalue weighted by molar-refractivity contribution is -0.391. The molecule has 0 saturated carbocycles. The summed E-state index contributed by atoms with van der Waals surface area (Å²) in [6.45, 7) is 0. The molecule has 1 aromatic heterocycles. The zero-order chi connectivity index (χ0) is 11.0. The molecule has 0 aliphatic carbocycles. The van der Waals surface area contributed by atoms with Crippen LogP contribution in [0.1, 0.15) is 0 Å². The molecule has 0 atom stereocenters. The maximum absolute atomic E-state index is 10.5. The van der Waals surface area contributed by atoms with E-state index in [2.05, 4.69) is 26.1 Å². The van der Waals surface area contributed by atoms with Crippen LogP contribution in [0.25, 0.3) is 10.9 Å². The Bertz CT molecular complexity index is 558. The normalized spacial score (nSPS) is 10.5. The van der Waals surface area contributed by atoms with Crippen LogP contribution in [0.3, 0.4) is 0 Å². The molecule has 1 aromatic carbocycles. The average Bonchev–Trinajstić information content (AvgIpc) is 2.19. The zero-order valence-corrected chi connectivity index (χ0v) is 8.80. The van der Waals surface area contributed by atoms with E-state index in [0.29, 0.717) is 15.4 Å². The molecule has 76 valence electrons. The number of hydrogen-bond acceptors (Lipinski definition) is 5. The fraction of sp³-hybridized carbons (Fsp3) is 0. The Morgan fingerprint density at radius 1 is 1.40 bits per heavy atom. The number of benzene rings is 1. The topological polar surface area (TPSA) is 89.2 Å². The largest absolute Gasteiger partial charge is 0.500 e. The monoisotopic (exact) mass is 269 g/mol. The molecule has 0 spiro atoms. The minimum atomic E-state index is -0.775. The fourth-order valence-corrected chi connectivity index (χ4v) is 1.54. The number of halogens is 1. The standard InChI is InChI=1S/C8H4BrN3O3/c9-4-1-2-6-5(3-4)7(13)8(11-10-6)12(14)15/h1-3H,(H,10,13). The molecule has 0 fully saturated rings. The molecule has 7 heteroatoms. The van der Waals surface area contributed by atoms with Crippen molar-refractivity contribution < 1.29 is 10.0 Å². The van der Waals surface area contributed by atoms with Gasteiger partial charge >= 0.3 is 5.82 Å². The third kappa shape index (κ3) is 1.61. The zero-order valence-electron chi connectivity index (χ0n) is 7.22. The van der Waals surface area contributed by atoms with Crippen molar-refractivity contribution in [3.8, 4) is 5.75 Å². The minimum absolute atomic E-state index is 0.297. The molecule has 6 nitrogen and oxygen atoms in total. The van der Waals surface area contributed by atoms with E-state index in [9.17, 15) is 15.2 Å². The summed E-state index contributed by atoms with van der Waals surface area (Å²) in [6, 6.07) is 4.87. The molecule has 0 unspecified atom stereocenters. The Balaban J connectivity index is 2.82. The van der Waals surface area contributed by atoms with E-state index in [1.54, 1.807) is 18.2 Å². The molecule has 0 saturated heterocycles. The first-order chi connectivity index (χ1) is 7.09. The number of nitrogens with zero attached hydrogens (tertiary/aromatic N) is 3. The van der Waals surface area contributed by atoms with Crippen molar-refractivity contribution in [2.75, 3.05) is 0 Å². The first-order valence-electron chi connectivity index (χ1n) is 3.89. The molecule has 1 N–H and O–H groups in total. The molecule has 0 aliphatic rings. The first kappa shape index (κ1) is 9.78. The SMILES string of the molecule is O=[N+]([O-])c1nnc2ccc(Br)cc2c1O. The Morgan fingerprint density at radius 3 is 2.80 bits per heavy atom. The Morgan fingerprint density at radius 2 is 2.13 bits per heavy atom. The van der Waals surface area contributed by atoms with Crippen molar-refractivity contribution >= 4 is 32.7 Å². The van der Waals surface area contributed by atoms with Crippen LogP contribution >= 0.6 is 15.9 Å². The van der Waals surface area contributed by atoms with Gasteiger partial charge in [-0.3, -0.25) is 0 Å². The van der Waals surface area contributed by atoms with Crippen LogP contribution in [0.4, 0.5) is 5.82 Å². The summed E-state index contributed by atoms with van der Waals surface area (Å²) in [7, 11) is 0. The summed E-state index contributed by atoms with van der Waals surface area (Å²) in [5.74, 6) is -1.10. The number of rotatable bonds is 1. The third-order valence-corrected chi connectivity index (χ3v) is 2.34. The summed E-state index contributed by atoms with van der Waals surface area (Å²) < 4.78 is 0.701. The predicted molar refractivity (Wildman–Crippen MR) is 55.6 cm³/mol. The van der Waals surface area contributed by atoms with Gasteiger partial charge in [-0.25, -0.2) is 0 Å². The van der Waals surface area contributed by atoms with E-state index in [0.717, 1.165) is 0 Å². The number of aromatic nitrogens is 2. The Kier molecular flexibility index (Phi) is 2.24. The highest BCUT2D eigenvalue weighted by molar-refractivity contribution is 9.10. The highest BCUT2D eigenvalue weighted by Crippen LogP contribution is 2.31. The number of nitro groups is 1. The van der Waals surface area contributed by atoms with Gasteiger partial charge in [0, 0.05) is 4.47 Å². The van der Waals surface area contributed by atoms with E-state index in [4.69, 9.17) is 0 Å². The highest BCUT2D eigenvalue weighted by atomic mass is 79.9. The van der Waals surface area contributed by atoms with Gasteiger partial charge in [0.2, 0.25) is 5.75 Å². The molecule has 15 heavy (non-hydrogen) atoms. The molecule has 0 amide bonds. The summed E-state index contributed by atoms with van der Waals surface area (Å²) in [6.07, 6.45) is 0. The van der Waals surface area contributed by atoms with Crippen molar-refractivity contribution in [3.63, 3.8) is 0 Å². The van der Waals surface area contributed by atoms with Gasteiger partial charge in [-0.2, -0.15) is 0 Å². The van der Waals surface area contributed by atoms with Crippen LogP contribution in [0.15, 0.2) is 22.7 Å². The molecule has 2 rings (SSSR count). The van der Waals surface area contributed by atoms with Gasteiger partial charge in [-0.1, -0.05) is 15.9 Å². The van der Waals surface area contributed by atoms with Crippen molar-refractivity contribution in [1.82, 2.24) is 10.2 Å². The van der Waals surface area contributed by atoms with Crippen molar-refractivity contribution in [2.24, 2.45) is 0 Å². The second-order valence-electron chi connectivity index (χ2n) is 2.79. The van der Waals surface area contributed by atoms with E-state index < -0.39 is 16.5 Å².